The SMILES string of the molecule is COc1ccc(F)cc1C[NH+](C)[C@@H](C)c1nc2ccccc2s1. The number of para-hydroxylation sites is 1. The lowest BCUT2D eigenvalue weighted by atomic mass is 10.1. The number of nitrogens with zero attached hydrogens (tertiary/aromatic N) is 1. The smallest absolute Gasteiger partial charge is 0.151 e. The molecule has 1 N–H and O–H groups in total. The van der Waals surface area contributed by atoms with Crippen molar-refractivity contribution in [1.29, 1.82) is 0 Å². The van der Waals surface area contributed by atoms with E-state index in [1.54, 1.807) is 30.6 Å². The molecule has 23 heavy (non-hydrogen) atoms. The highest BCUT2D eigenvalue weighted by molar-refractivity contribution is 7.18. The monoisotopic (exact) mass is 331 g/mol. The van der Waals surface area contributed by atoms with E-state index in [9.17, 15) is 4.39 Å². The van der Waals surface area contributed by atoms with Crippen LogP contribution in [0.3, 0.4) is 0 Å². The molecule has 1 unspecified atom stereocenters. The third-order valence-corrected chi connectivity index (χ3v) is 5.35. The highest BCUT2D eigenvalue weighted by Gasteiger charge is 2.21. The van der Waals surface area contributed by atoms with Crippen LogP contribution in [0.1, 0.15) is 23.5 Å². The lowest BCUT2D eigenvalue weighted by Crippen LogP contribution is -3.07. The fourth-order valence-electron chi connectivity index (χ4n) is 2.62. The molecule has 0 bridgehead atoms. The fraction of sp³-hybridized carbons (Fsp3) is 0.278. The zero-order valence-corrected chi connectivity index (χ0v) is 14.3. The van der Waals surface area contributed by atoms with E-state index in [0.29, 0.717) is 6.54 Å². The summed E-state index contributed by atoms with van der Waals surface area (Å²) in [6, 6.07) is 13.0. The van der Waals surface area contributed by atoms with E-state index in [-0.39, 0.29) is 11.9 Å². The number of hydrogen-bond acceptors (Lipinski definition) is 3. The number of thiazole rings is 1. The number of fused-ring (bicyclic) bond motifs is 1. The maximum absolute atomic E-state index is 13.5. The number of aromatic nitrogens is 1. The summed E-state index contributed by atoms with van der Waals surface area (Å²) in [5.74, 6) is 0.489. The van der Waals surface area contributed by atoms with Crippen molar-refractivity contribution < 1.29 is 14.0 Å². The van der Waals surface area contributed by atoms with Gasteiger partial charge >= 0.3 is 0 Å². The fourth-order valence-corrected chi connectivity index (χ4v) is 3.74. The molecule has 3 aromatic rings. The highest BCUT2D eigenvalue weighted by atomic mass is 32.1. The average Bonchev–Trinajstić information content (AvgIpc) is 2.98. The van der Waals surface area contributed by atoms with Gasteiger partial charge in [0.2, 0.25) is 0 Å². The molecule has 3 rings (SSSR count). The average molecular weight is 331 g/mol. The molecule has 3 nitrogen and oxygen atoms in total. The van der Waals surface area contributed by atoms with Crippen LogP contribution in [0.4, 0.5) is 4.39 Å². The van der Waals surface area contributed by atoms with Crippen molar-refractivity contribution in [3.8, 4) is 5.75 Å². The number of halogens is 1. The van der Waals surface area contributed by atoms with Crippen molar-refractivity contribution in [2.24, 2.45) is 0 Å². The molecule has 0 saturated carbocycles. The van der Waals surface area contributed by atoms with E-state index in [0.717, 1.165) is 21.8 Å². The minimum Gasteiger partial charge on any atom is -0.496 e. The third-order valence-electron chi connectivity index (χ3n) is 4.13. The molecule has 0 fully saturated rings. The lowest BCUT2D eigenvalue weighted by molar-refractivity contribution is -0.923. The Balaban J connectivity index is 1.82. The Morgan fingerprint density at radius 1 is 1.26 bits per heavy atom. The predicted molar refractivity (Wildman–Crippen MR) is 91.6 cm³/mol. The molecule has 0 radical (unpaired) electrons. The first-order valence-corrected chi connectivity index (χ1v) is 8.40. The van der Waals surface area contributed by atoms with Crippen LogP contribution in [0.2, 0.25) is 0 Å². The minimum absolute atomic E-state index is 0.223. The molecule has 0 aliphatic carbocycles. The number of methoxy groups -OCH3 is 1. The quantitative estimate of drug-likeness (QED) is 0.777. The molecule has 0 aliphatic heterocycles. The summed E-state index contributed by atoms with van der Waals surface area (Å²) in [6.45, 7) is 2.83. The number of quaternary nitrogens is 1. The van der Waals surface area contributed by atoms with Crippen LogP contribution >= 0.6 is 11.3 Å². The molecule has 120 valence electrons. The molecule has 1 aromatic heterocycles. The Bertz CT molecular complexity index is 785. The number of nitrogens with one attached hydrogen (secondary N) is 1. The van der Waals surface area contributed by atoms with Gasteiger partial charge in [-0.2, -0.15) is 0 Å². The Kier molecular flexibility index (Phi) is 4.59. The molecule has 1 heterocycles. The maximum atomic E-state index is 13.5. The normalized spacial score (nSPS) is 13.9. The molecule has 5 heteroatoms. The van der Waals surface area contributed by atoms with Gasteiger partial charge in [0.1, 0.15) is 24.2 Å². The second-order valence-electron chi connectivity index (χ2n) is 5.72. The Labute approximate surface area is 139 Å². The first-order chi connectivity index (χ1) is 11.1. The second-order valence-corrected chi connectivity index (χ2v) is 6.78. The first kappa shape index (κ1) is 15.9. The summed E-state index contributed by atoms with van der Waals surface area (Å²) in [4.78, 5) is 5.97. The van der Waals surface area contributed by atoms with Crippen molar-refractivity contribution in [1.82, 2.24) is 4.98 Å². The van der Waals surface area contributed by atoms with Crippen LogP contribution in [0.15, 0.2) is 42.5 Å². The van der Waals surface area contributed by atoms with Gasteiger partial charge in [0.15, 0.2) is 5.01 Å². The van der Waals surface area contributed by atoms with Crippen molar-refractivity contribution in [3.63, 3.8) is 0 Å². The van der Waals surface area contributed by atoms with E-state index >= 15 is 0 Å². The van der Waals surface area contributed by atoms with Crippen molar-refractivity contribution >= 4 is 21.6 Å². The molecule has 0 saturated heterocycles. The van der Waals surface area contributed by atoms with Crippen molar-refractivity contribution in [2.75, 3.05) is 14.2 Å². The van der Waals surface area contributed by atoms with Gasteiger partial charge in [-0.3, -0.25) is 0 Å². The Morgan fingerprint density at radius 2 is 2.04 bits per heavy atom. The summed E-state index contributed by atoms with van der Waals surface area (Å²) in [7, 11) is 3.71. The number of rotatable bonds is 5. The summed E-state index contributed by atoms with van der Waals surface area (Å²) in [5, 5.41) is 1.10. The van der Waals surface area contributed by atoms with E-state index in [1.807, 2.05) is 18.2 Å². The van der Waals surface area contributed by atoms with Crippen LogP contribution < -0.4 is 9.64 Å². The minimum atomic E-state index is -0.235. The molecule has 0 aliphatic rings. The predicted octanol–water partition coefficient (Wildman–Crippen LogP) is 3.22. The zero-order valence-electron chi connectivity index (χ0n) is 13.5. The topological polar surface area (TPSA) is 26.6 Å². The number of benzene rings is 2. The standard InChI is InChI=1S/C18H19FN2OS/c1-12(18-20-15-6-4-5-7-17(15)23-18)21(2)11-13-10-14(19)8-9-16(13)22-3/h4-10,12H,11H2,1-3H3/p+1/t12-/m0/s1. The van der Waals surface area contributed by atoms with Crippen LogP contribution in [0.25, 0.3) is 10.2 Å². The molecular formula is C18H20FN2OS+. The highest BCUT2D eigenvalue weighted by Crippen LogP contribution is 2.25. The van der Waals surface area contributed by atoms with Gasteiger partial charge in [-0.1, -0.05) is 12.1 Å². The van der Waals surface area contributed by atoms with E-state index in [2.05, 4.69) is 20.0 Å². The molecule has 0 spiro atoms. The lowest BCUT2D eigenvalue weighted by Gasteiger charge is -2.21. The Hall–Kier alpha value is -1.98. The molecule has 2 atom stereocenters. The summed E-state index contributed by atoms with van der Waals surface area (Å²) >= 11 is 1.72. The first-order valence-electron chi connectivity index (χ1n) is 7.58. The molecule has 0 amide bonds. The number of ether oxygens (including phenoxy) is 1. The van der Waals surface area contributed by atoms with Gasteiger partial charge < -0.3 is 9.64 Å². The van der Waals surface area contributed by atoms with E-state index in [1.165, 1.54) is 15.7 Å². The maximum Gasteiger partial charge on any atom is 0.151 e. The van der Waals surface area contributed by atoms with Gasteiger partial charge in [0.25, 0.3) is 0 Å². The van der Waals surface area contributed by atoms with Gasteiger partial charge in [0.05, 0.1) is 29.9 Å². The van der Waals surface area contributed by atoms with Crippen LogP contribution in [0.5, 0.6) is 5.75 Å². The van der Waals surface area contributed by atoms with Gasteiger partial charge in [-0.15, -0.1) is 11.3 Å². The summed E-state index contributed by atoms with van der Waals surface area (Å²) < 4.78 is 20.1. The van der Waals surface area contributed by atoms with Crippen molar-refractivity contribution in [2.45, 2.75) is 19.5 Å². The van der Waals surface area contributed by atoms with Gasteiger partial charge in [-0.25, -0.2) is 9.37 Å². The van der Waals surface area contributed by atoms with E-state index in [4.69, 9.17) is 9.72 Å². The number of hydrogen-bond donors (Lipinski definition) is 1. The van der Waals surface area contributed by atoms with Gasteiger partial charge in [0, 0.05) is 0 Å². The molecule has 2 aromatic carbocycles. The van der Waals surface area contributed by atoms with Crippen LogP contribution in [-0.2, 0) is 6.54 Å². The summed E-state index contributed by atoms with van der Waals surface area (Å²) in [6.07, 6.45) is 0. The summed E-state index contributed by atoms with van der Waals surface area (Å²) in [5.41, 5.74) is 1.91. The largest absolute Gasteiger partial charge is 0.496 e. The van der Waals surface area contributed by atoms with Crippen LogP contribution in [0, 0.1) is 5.82 Å². The molecular weight excluding hydrogens is 311 g/mol. The van der Waals surface area contributed by atoms with Gasteiger partial charge in [-0.05, 0) is 37.3 Å². The van der Waals surface area contributed by atoms with Crippen LogP contribution in [-0.4, -0.2) is 19.1 Å². The van der Waals surface area contributed by atoms with Crippen molar-refractivity contribution in [3.05, 3.63) is 58.9 Å². The van der Waals surface area contributed by atoms with E-state index < -0.39 is 0 Å². The zero-order chi connectivity index (χ0) is 16.4. The third kappa shape index (κ3) is 3.35. The second kappa shape index (κ2) is 6.64. The Morgan fingerprint density at radius 3 is 2.78 bits per heavy atom.